The average molecular weight is 407 g/mol. The van der Waals surface area contributed by atoms with Gasteiger partial charge < -0.3 is 14.8 Å². The highest BCUT2D eigenvalue weighted by Gasteiger charge is 2.12. The van der Waals surface area contributed by atoms with Crippen LogP contribution in [0, 0.1) is 18.3 Å². The Hall–Kier alpha value is -3.70. The van der Waals surface area contributed by atoms with Gasteiger partial charge in [0.25, 0.3) is 5.91 Å². The molecule has 0 saturated carbocycles. The van der Waals surface area contributed by atoms with Crippen LogP contribution in [0.25, 0.3) is 0 Å². The Bertz CT molecular complexity index is 1050. The summed E-state index contributed by atoms with van der Waals surface area (Å²) < 4.78 is 10.7. The molecule has 0 radical (unpaired) electrons. The smallest absolute Gasteiger partial charge is 0.338 e. The average Bonchev–Trinajstić information content (AvgIpc) is 3.16. The van der Waals surface area contributed by atoms with E-state index in [1.165, 1.54) is 0 Å². The van der Waals surface area contributed by atoms with Crippen molar-refractivity contribution in [3.8, 4) is 11.8 Å². The Morgan fingerprint density at radius 1 is 1.17 bits per heavy atom. The molecule has 2 aromatic carbocycles. The lowest BCUT2D eigenvalue weighted by Crippen LogP contribution is -2.21. The number of anilines is 1. The predicted octanol–water partition coefficient (Wildman–Crippen LogP) is 3.70. The quantitative estimate of drug-likeness (QED) is 0.599. The number of aromatic nitrogens is 1. The monoisotopic (exact) mass is 407 g/mol. The highest BCUT2D eigenvalue weighted by atomic mass is 32.1. The van der Waals surface area contributed by atoms with Crippen molar-refractivity contribution >= 4 is 28.9 Å². The van der Waals surface area contributed by atoms with E-state index in [9.17, 15) is 9.59 Å². The third-order valence-corrected chi connectivity index (χ3v) is 4.62. The van der Waals surface area contributed by atoms with Crippen LogP contribution in [0.15, 0.2) is 53.9 Å². The number of hydrogen-bond donors (Lipinski definition) is 1. The van der Waals surface area contributed by atoms with Gasteiger partial charge in [-0.3, -0.25) is 4.79 Å². The van der Waals surface area contributed by atoms with Crippen LogP contribution < -0.4 is 10.1 Å². The molecule has 1 amide bonds. The zero-order valence-electron chi connectivity index (χ0n) is 15.5. The summed E-state index contributed by atoms with van der Waals surface area (Å²) in [5.41, 5.74) is 1.84. The fraction of sp³-hybridized carbons (Fsp3) is 0.143. The van der Waals surface area contributed by atoms with Crippen LogP contribution in [0.5, 0.6) is 5.75 Å². The first-order valence-electron chi connectivity index (χ1n) is 8.65. The molecule has 3 rings (SSSR count). The van der Waals surface area contributed by atoms with Crippen molar-refractivity contribution in [2.75, 3.05) is 11.9 Å². The molecule has 0 aliphatic heterocycles. The molecule has 0 spiro atoms. The number of esters is 1. The minimum absolute atomic E-state index is 0.298. The van der Waals surface area contributed by atoms with Crippen LogP contribution >= 0.6 is 11.3 Å². The number of carbonyl (C=O) groups is 2. The number of nitrogens with zero attached hydrogens (tertiary/aromatic N) is 2. The van der Waals surface area contributed by atoms with E-state index in [1.807, 2.05) is 18.4 Å². The predicted molar refractivity (Wildman–Crippen MR) is 108 cm³/mol. The standard InChI is InChI=1S/C21H17N3O4S/c1-14-23-17(13-29-14)11-27-18-8-6-15(7-9-18)21(26)28-12-20(25)24-19-5-3-2-4-16(19)10-22/h2-9,13H,11-12H2,1H3,(H,24,25). The molecule has 0 aliphatic rings. The summed E-state index contributed by atoms with van der Waals surface area (Å²) in [6.45, 7) is 1.82. The molecule has 146 valence electrons. The molecule has 29 heavy (non-hydrogen) atoms. The minimum atomic E-state index is -0.629. The molecule has 0 unspecified atom stereocenters. The van der Waals surface area contributed by atoms with Crippen molar-refractivity contribution in [2.45, 2.75) is 13.5 Å². The van der Waals surface area contributed by atoms with E-state index in [-0.39, 0.29) is 0 Å². The fourth-order valence-corrected chi connectivity index (χ4v) is 3.01. The summed E-state index contributed by atoms with van der Waals surface area (Å²) >= 11 is 1.56. The lowest BCUT2D eigenvalue weighted by atomic mass is 10.2. The zero-order chi connectivity index (χ0) is 20.6. The van der Waals surface area contributed by atoms with E-state index < -0.39 is 18.5 Å². The van der Waals surface area contributed by atoms with Gasteiger partial charge in [-0.2, -0.15) is 5.26 Å². The third-order valence-electron chi connectivity index (χ3n) is 3.80. The Kier molecular flexibility index (Phi) is 6.55. The number of nitriles is 1. The molecule has 7 nitrogen and oxygen atoms in total. The number of ether oxygens (including phenoxy) is 2. The highest BCUT2D eigenvalue weighted by molar-refractivity contribution is 7.09. The highest BCUT2D eigenvalue weighted by Crippen LogP contribution is 2.16. The number of amides is 1. The van der Waals surface area contributed by atoms with Gasteiger partial charge in [-0.15, -0.1) is 11.3 Å². The Morgan fingerprint density at radius 3 is 2.62 bits per heavy atom. The molecule has 0 bridgehead atoms. The number of carbonyl (C=O) groups excluding carboxylic acids is 2. The molecule has 1 heterocycles. The van der Waals surface area contributed by atoms with Crippen molar-refractivity contribution in [1.82, 2.24) is 4.98 Å². The van der Waals surface area contributed by atoms with Crippen LogP contribution in [0.1, 0.15) is 26.6 Å². The van der Waals surface area contributed by atoms with Gasteiger partial charge in [0.2, 0.25) is 0 Å². The van der Waals surface area contributed by atoms with Crippen molar-refractivity contribution in [3.05, 3.63) is 75.7 Å². The number of thiazole rings is 1. The van der Waals surface area contributed by atoms with Crippen LogP contribution in [-0.4, -0.2) is 23.5 Å². The Morgan fingerprint density at radius 2 is 1.93 bits per heavy atom. The maximum absolute atomic E-state index is 12.1. The first kappa shape index (κ1) is 20.0. The molecule has 1 aromatic heterocycles. The van der Waals surface area contributed by atoms with Crippen LogP contribution in [0.2, 0.25) is 0 Å². The molecule has 0 atom stereocenters. The molecule has 8 heteroatoms. The number of hydrogen-bond acceptors (Lipinski definition) is 7. The maximum atomic E-state index is 12.1. The summed E-state index contributed by atoms with van der Waals surface area (Å²) in [6.07, 6.45) is 0. The fourth-order valence-electron chi connectivity index (χ4n) is 2.41. The van der Waals surface area contributed by atoms with E-state index in [4.69, 9.17) is 14.7 Å². The number of benzene rings is 2. The van der Waals surface area contributed by atoms with E-state index in [0.717, 1.165) is 10.7 Å². The topological polar surface area (TPSA) is 101 Å². The summed E-state index contributed by atoms with van der Waals surface area (Å²) in [7, 11) is 0. The molecule has 0 aliphatic carbocycles. The molecule has 0 fully saturated rings. The van der Waals surface area contributed by atoms with Crippen molar-refractivity contribution in [1.29, 1.82) is 5.26 Å². The number of nitrogens with one attached hydrogen (secondary N) is 1. The number of aryl methyl sites for hydroxylation is 1. The molecule has 3 aromatic rings. The van der Waals surface area contributed by atoms with Crippen molar-refractivity contribution in [3.63, 3.8) is 0 Å². The zero-order valence-corrected chi connectivity index (χ0v) is 16.4. The van der Waals surface area contributed by atoms with Gasteiger partial charge >= 0.3 is 5.97 Å². The lowest BCUT2D eigenvalue weighted by Gasteiger charge is -2.08. The summed E-state index contributed by atoms with van der Waals surface area (Å²) in [5.74, 6) is -0.562. The maximum Gasteiger partial charge on any atom is 0.338 e. The second kappa shape index (κ2) is 9.48. The van der Waals surface area contributed by atoms with Crippen molar-refractivity contribution < 1.29 is 19.1 Å². The van der Waals surface area contributed by atoms with Gasteiger partial charge in [0.1, 0.15) is 18.4 Å². The number of para-hydroxylation sites is 1. The number of rotatable bonds is 7. The van der Waals surface area contributed by atoms with Gasteiger partial charge in [-0.25, -0.2) is 9.78 Å². The van der Waals surface area contributed by atoms with Crippen LogP contribution in [0.4, 0.5) is 5.69 Å². The van der Waals surface area contributed by atoms with Gasteiger partial charge in [-0.1, -0.05) is 12.1 Å². The second-order valence-electron chi connectivity index (χ2n) is 5.95. The summed E-state index contributed by atoms with van der Waals surface area (Å²) in [5, 5.41) is 14.5. The largest absolute Gasteiger partial charge is 0.487 e. The SMILES string of the molecule is Cc1nc(COc2ccc(C(=O)OCC(=O)Nc3ccccc3C#N)cc2)cs1. The van der Waals surface area contributed by atoms with E-state index >= 15 is 0 Å². The molecule has 1 N–H and O–H groups in total. The van der Waals surface area contributed by atoms with Gasteiger partial charge in [-0.05, 0) is 43.3 Å². The van der Waals surface area contributed by atoms with Crippen molar-refractivity contribution in [2.24, 2.45) is 0 Å². The van der Waals surface area contributed by atoms with Crippen LogP contribution in [-0.2, 0) is 16.1 Å². The Labute approximate surface area is 171 Å². The third kappa shape index (κ3) is 5.64. The lowest BCUT2D eigenvalue weighted by molar-refractivity contribution is -0.119. The van der Waals surface area contributed by atoms with E-state index in [2.05, 4.69) is 10.3 Å². The molecular formula is C21H17N3O4S. The first-order valence-corrected chi connectivity index (χ1v) is 9.53. The molecular weight excluding hydrogens is 390 g/mol. The van der Waals surface area contributed by atoms with E-state index in [0.29, 0.717) is 29.2 Å². The molecule has 0 saturated heterocycles. The summed E-state index contributed by atoms with van der Waals surface area (Å²) in [6, 6.07) is 15.0. The minimum Gasteiger partial charge on any atom is -0.487 e. The van der Waals surface area contributed by atoms with Gasteiger partial charge in [0.05, 0.1) is 27.5 Å². The Balaban J connectivity index is 1.49. The first-order chi connectivity index (χ1) is 14.0. The van der Waals surface area contributed by atoms with Crippen LogP contribution in [0.3, 0.4) is 0 Å². The second-order valence-corrected chi connectivity index (χ2v) is 7.01. The van der Waals surface area contributed by atoms with Gasteiger partial charge in [0.15, 0.2) is 6.61 Å². The van der Waals surface area contributed by atoms with E-state index in [1.54, 1.807) is 59.9 Å². The summed E-state index contributed by atoms with van der Waals surface area (Å²) in [4.78, 5) is 28.4. The van der Waals surface area contributed by atoms with Gasteiger partial charge in [0, 0.05) is 5.38 Å². The normalized spacial score (nSPS) is 10.1.